The summed E-state index contributed by atoms with van der Waals surface area (Å²) in [6, 6.07) is 5.92. The van der Waals surface area contributed by atoms with Gasteiger partial charge in [0.1, 0.15) is 65.3 Å². The Hall–Kier alpha value is -9.91. The summed E-state index contributed by atoms with van der Waals surface area (Å²) >= 11 is 5.70. The Morgan fingerprint density at radius 1 is 0.676 bits per heavy atom. The Morgan fingerprint density at radius 3 is 1.96 bits per heavy atom. The third-order valence-corrected chi connectivity index (χ3v) is 20.9. The lowest BCUT2D eigenvalue weighted by molar-refractivity contribution is -0.150. The van der Waals surface area contributed by atoms with E-state index in [1.807, 2.05) is 6.08 Å². The predicted molar refractivity (Wildman–Crippen MR) is 383 cm³/mol. The Morgan fingerprint density at radius 2 is 1.30 bits per heavy atom. The molecule has 0 saturated carbocycles. The number of aliphatic hydroxyl groups is 1. The van der Waals surface area contributed by atoms with Crippen molar-refractivity contribution < 1.29 is 87.4 Å². The number of phenolic OH excluding ortho intramolecular Hbond substituents is 2. The van der Waals surface area contributed by atoms with Crippen LogP contribution in [-0.4, -0.2) is 233 Å². The molecular formula is C74H96N12O18S. The highest BCUT2D eigenvalue weighted by Crippen LogP contribution is 2.57. The van der Waals surface area contributed by atoms with Gasteiger partial charge in [-0.2, -0.15) is 0 Å². The maximum atomic E-state index is 14.9. The molecule has 7 aliphatic heterocycles. The second-order valence-corrected chi connectivity index (χ2v) is 28.5. The van der Waals surface area contributed by atoms with Crippen molar-refractivity contribution in [1.82, 2.24) is 50.7 Å². The molecular weight excluding hydrogens is 1380 g/mol. The van der Waals surface area contributed by atoms with Crippen LogP contribution >= 0.6 is 12.2 Å². The lowest BCUT2D eigenvalue weighted by atomic mass is 9.77. The van der Waals surface area contributed by atoms with Crippen molar-refractivity contribution in [2.75, 3.05) is 64.2 Å². The van der Waals surface area contributed by atoms with E-state index in [1.165, 1.54) is 62.6 Å². The van der Waals surface area contributed by atoms with Gasteiger partial charge in [0.15, 0.2) is 10.7 Å². The van der Waals surface area contributed by atoms with Gasteiger partial charge in [-0.05, 0) is 178 Å². The van der Waals surface area contributed by atoms with Gasteiger partial charge in [-0.1, -0.05) is 25.0 Å². The number of amides is 10. The van der Waals surface area contributed by atoms with Crippen molar-refractivity contribution in [1.29, 1.82) is 0 Å². The van der Waals surface area contributed by atoms with Gasteiger partial charge in [0.25, 0.3) is 0 Å². The summed E-state index contributed by atoms with van der Waals surface area (Å²) in [5, 5.41) is 55.3. The number of ether oxygens (including phenoxy) is 2. The highest BCUT2D eigenvalue weighted by molar-refractivity contribution is 7.80. The average Bonchev–Trinajstić information content (AvgIpc) is 1.59. The molecule has 3 aromatic carbocycles. The third-order valence-electron chi connectivity index (χ3n) is 20.7. The van der Waals surface area contributed by atoms with Crippen molar-refractivity contribution in [3.05, 3.63) is 89.0 Å². The van der Waals surface area contributed by atoms with Gasteiger partial charge >= 0.3 is 11.9 Å². The van der Waals surface area contributed by atoms with Crippen LogP contribution in [0.2, 0.25) is 0 Å². The number of carboxylic acid groups (broad SMARTS) is 1. The van der Waals surface area contributed by atoms with E-state index in [4.69, 9.17) is 27.4 Å². The zero-order chi connectivity index (χ0) is 75.2. The number of unbranched alkanes of at least 4 members (excludes halogenated alkanes) is 1. The molecule has 0 aromatic heterocycles. The maximum absolute atomic E-state index is 14.9. The van der Waals surface area contributed by atoms with Gasteiger partial charge in [0, 0.05) is 93.2 Å². The van der Waals surface area contributed by atoms with E-state index in [2.05, 4.69) is 32.7 Å². The number of rotatable bonds is 15. The number of esters is 1. The number of aromatic hydroxyl groups is 2. The monoisotopic (exact) mass is 1470 g/mol. The minimum Gasteiger partial charge on any atom is -0.508 e. The second kappa shape index (κ2) is 35.2. The van der Waals surface area contributed by atoms with Crippen molar-refractivity contribution in [2.45, 2.75) is 203 Å². The highest BCUT2D eigenvalue weighted by atomic mass is 32.1. The van der Waals surface area contributed by atoms with Gasteiger partial charge in [-0.15, -0.1) is 0 Å². The standard InChI is InChI=1S/C74H96N12O18S/c1-44-68(98)85-37-18-22-57(85)71(101)86-38-17-21-56(86)70(100)81(42-60(90)79-53(65(75)95)30-31-63(93)94)33-13-9-7-5-3-4-6-8-10-14-34-82(43-62(92)83-35-15-19-54(83)66(96)80-64(45(2)87)67(97)77-44)69(99)55-20-16-36-84(55)61(91)23-11-12-32-76-73(105)78-46-24-27-49-52(39-46)74(104-72(49)102)50-28-25-47(88)40-58(50)103-59-41-48(89)26-29-51(59)74/h4,6,24-29,39-41,44-45,53-57,64,87-89H,3,5,7-23,30-38,42-43H2,1-2H3,(H2,75,95)(H,77,97)(H,79,90)(H,80,96)(H,93,94)(H2,76,78,105)/t44-,45+,53-,54-,55-,56-,57-,64-/m0/s1. The molecule has 1 spiro atoms. The Balaban J connectivity index is 0.776. The van der Waals surface area contributed by atoms with Gasteiger partial charge in [-0.25, -0.2) is 4.79 Å². The molecule has 10 rings (SSSR count). The van der Waals surface area contributed by atoms with Crippen LogP contribution in [0.15, 0.2) is 66.7 Å². The molecule has 4 saturated heterocycles. The molecule has 31 heteroatoms. The molecule has 8 atom stereocenters. The van der Waals surface area contributed by atoms with E-state index in [-0.39, 0.29) is 98.8 Å². The maximum Gasteiger partial charge on any atom is 0.340 e. The number of hydrogen-bond acceptors (Lipinski definition) is 18. The number of benzene rings is 3. The van der Waals surface area contributed by atoms with E-state index in [1.54, 1.807) is 35.2 Å². The van der Waals surface area contributed by atoms with E-state index in [0.717, 1.165) is 19.3 Å². The normalized spacial score (nSPS) is 23.4. The predicted octanol–water partition coefficient (Wildman–Crippen LogP) is 3.64. The first-order valence-corrected chi connectivity index (χ1v) is 37.0. The number of thiocarbonyl (C=S) groups is 1. The van der Waals surface area contributed by atoms with E-state index >= 15 is 0 Å². The minimum absolute atomic E-state index is 0.0759. The van der Waals surface area contributed by atoms with Gasteiger partial charge < -0.3 is 91.6 Å². The van der Waals surface area contributed by atoms with Crippen LogP contribution in [0.25, 0.3) is 0 Å². The Bertz CT molecular complexity index is 3800. The third kappa shape index (κ3) is 18.4. The van der Waals surface area contributed by atoms with Crippen LogP contribution < -0.4 is 37.1 Å². The van der Waals surface area contributed by atoms with Crippen LogP contribution in [0.3, 0.4) is 0 Å². The quantitative estimate of drug-likeness (QED) is 0.0449. The summed E-state index contributed by atoms with van der Waals surface area (Å²) in [6.07, 6.45) is 11.1. The fraction of sp³-hybridized carbons (Fsp3) is 0.554. The number of anilines is 1. The van der Waals surface area contributed by atoms with Crippen molar-refractivity contribution in [3.8, 4) is 23.0 Å². The zero-order valence-electron chi connectivity index (χ0n) is 59.4. The largest absolute Gasteiger partial charge is 0.508 e. The smallest absolute Gasteiger partial charge is 0.340 e. The first kappa shape index (κ1) is 77.7. The summed E-state index contributed by atoms with van der Waals surface area (Å²) < 4.78 is 12.3. The van der Waals surface area contributed by atoms with Crippen molar-refractivity contribution in [2.24, 2.45) is 5.73 Å². The molecule has 3 aromatic rings. The number of nitrogens with zero attached hydrogens (tertiary/aromatic N) is 6. The van der Waals surface area contributed by atoms with Crippen LogP contribution in [0.5, 0.6) is 23.0 Å². The number of aliphatic carboxylic acids is 1. The van der Waals surface area contributed by atoms with Crippen LogP contribution in [0.1, 0.15) is 176 Å². The summed E-state index contributed by atoms with van der Waals surface area (Å²) in [5.41, 5.74) is 6.27. The molecule has 4 fully saturated rings. The summed E-state index contributed by atoms with van der Waals surface area (Å²) in [5.74, 6) is -7.59. The first-order chi connectivity index (χ1) is 50.3. The molecule has 0 radical (unpaired) electrons. The molecule has 7 aliphatic rings. The number of carbonyl (C=O) groups excluding carboxylic acids is 11. The number of hydrogen-bond donors (Lipinski definition) is 10. The second-order valence-electron chi connectivity index (χ2n) is 28.1. The van der Waals surface area contributed by atoms with E-state index < -0.39 is 139 Å². The van der Waals surface area contributed by atoms with Crippen molar-refractivity contribution >= 4 is 94.0 Å². The number of likely N-dealkylation sites (tertiary alicyclic amines) is 1. The highest BCUT2D eigenvalue weighted by Gasteiger charge is 2.54. The Labute approximate surface area is 614 Å². The van der Waals surface area contributed by atoms with E-state index in [0.29, 0.717) is 118 Å². The number of nitrogens with two attached hydrogens (primary N) is 1. The number of carbonyl (C=O) groups is 12. The van der Waals surface area contributed by atoms with Gasteiger partial charge in [0.2, 0.25) is 59.1 Å². The molecule has 7 heterocycles. The average molecular weight is 1470 g/mol. The molecule has 30 nitrogen and oxygen atoms in total. The molecule has 11 N–H and O–H groups in total. The minimum atomic E-state index is -1.60. The summed E-state index contributed by atoms with van der Waals surface area (Å²) in [7, 11) is 0. The lowest BCUT2D eigenvalue weighted by Crippen LogP contribution is -2.60. The number of phenols is 2. The fourth-order valence-corrected chi connectivity index (χ4v) is 15.5. The number of carboxylic acids is 1. The zero-order valence-corrected chi connectivity index (χ0v) is 60.2. The van der Waals surface area contributed by atoms with Crippen LogP contribution in [0.4, 0.5) is 5.69 Å². The molecule has 0 aliphatic carbocycles. The molecule has 105 heavy (non-hydrogen) atoms. The van der Waals surface area contributed by atoms with Gasteiger partial charge in [0.05, 0.1) is 24.8 Å². The molecule has 10 amide bonds. The van der Waals surface area contributed by atoms with Crippen molar-refractivity contribution in [3.63, 3.8) is 0 Å². The molecule has 566 valence electrons. The number of fused-ring (bicyclic) bond motifs is 9. The van der Waals surface area contributed by atoms with E-state index in [9.17, 15) is 78.0 Å². The SMILES string of the molecule is C[C@@H]1NC(=O)[C@H]([C@@H](C)O)NC(=O)[C@@H]2CCCN2C(=O)CN(C(=O)[C@@H]2CCCN2C(=O)CCCCNC(=S)Nc2ccc3c(c2)C2(OC3=O)c3ccc(O)cc3Oc3cc(O)ccc32)CCCCC=CCCCCCCN(CC(=O)N[C@@H](CCC(=O)O)C(N)=O)C(=O)[C@@H]2CCCN2C(=O)[C@@H]2CCCN2C1=O. The molecule has 0 bridgehead atoms. The first-order valence-electron chi connectivity index (χ1n) is 36.6. The number of allylic oxidation sites excluding steroid dienone is 2. The lowest BCUT2D eigenvalue weighted by Gasteiger charge is -2.36. The Kier molecular flexibility index (Phi) is 26.1. The van der Waals surface area contributed by atoms with Crippen LogP contribution in [0, 0.1) is 0 Å². The fourth-order valence-electron chi connectivity index (χ4n) is 15.3. The number of nitrogens with one attached hydrogen (secondary N) is 5. The van der Waals surface area contributed by atoms with Gasteiger partial charge in [-0.3, -0.25) is 52.7 Å². The van der Waals surface area contributed by atoms with Crippen LogP contribution in [-0.2, 0) is 63.1 Å². The molecule has 0 unspecified atom stereocenters. The topological polar surface area (TPSA) is 410 Å². The summed E-state index contributed by atoms with van der Waals surface area (Å²) in [6.45, 7) is 3.26. The number of aliphatic hydroxyl groups excluding tert-OH is 1. The summed E-state index contributed by atoms with van der Waals surface area (Å²) in [4.78, 5) is 175. The number of primary amides is 1.